The topological polar surface area (TPSA) is 57.8 Å². The number of aromatic nitrogens is 2. The summed E-state index contributed by atoms with van der Waals surface area (Å²) in [5.41, 5.74) is 4.40. The molecule has 0 saturated heterocycles. The van der Waals surface area contributed by atoms with E-state index in [4.69, 9.17) is 0 Å². The van der Waals surface area contributed by atoms with Gasteiger partial charge in [0, 0.05) is 17.2 Å². The van der Waals surface area contributed by atoms with Crippen molar-refractivity contribution in [2.45, 2.75) is 23.9 Å². The average molecular weight is 372 g/mol. The predicted octanol–water partition coefficient (Wildman–Crippen LogP) is 4.18. The van der Waals surface area contributed by atoms with Crippen molar-refractivity contribution in [2.24, 2.45) is 0 Å². The van der Waals surface area contributed by atoms with Crippen LogP contribution in [0.3, 0.4) is 0 Å². The molecule has 0 fully saturated rings. The number of aromatic amines is 1. The zero-order valence-electron chi connectivity index (χ0n) is 14.3. The number of carbonyl (C=O) groups excluding carboxylic acids is 1. The number of amides is 1. The number of carbonyl (C=O) groups is 1. The molecule has 1 amide bonds. The van der Waals surface area contributed by atoms with E-state index in [1.807, 2.05) is 12.1 Å². The monoisotopic (exact) mass is 371 g/mol. The number of hydrogen-bond donors (Lipinski definition) is 2. The van der Waals surface area contributed by atoms with Gasteiger partial charge in [-0.05, 0) is 43.7 Å². The highest BCUT2D eigenvalue weighted by molar-refractivity contribution is 7.99. The third-order valence-electron chi connectivity index (χ3n) is 3.67. The van der Waals surface area contributed by atoms with Gasteiger partial charge in [-0.2, -0.15) is 0 Å². The maximum Gasteiger partial charge on any atom is 0.230 e. The van der Waals surface area contributed by atoms with E-state index < -0.39 is 0 Å². The van der Waals surface area contributed by atoms with Gasteiger partial charge in [0.05, 0.1) is 16.8 Å². The van der Waals surface area contributed by atoms with Crippen LogP contribution in [0.5, 0.6) is 0 Å². The van der Waals surface area contributed by atoms with Gasteiger partial charge in [0.1, 0.15) is 0 Å². The van der Waals surface area contributed by atoms with Crippen LogP contribution in [0.4, 0.5) is 0 Å². The number of thioether (sulfide) groups is 2. The third kappa shape index (κ3) is 5.28. The molecule has 3 aromatic rings. The molecule has 2 aromatic carbocycles. The molecular formula is C19H21N3OS2. The molecule has 0 aliphatic carbocycles. The Morgan fingerprint density at radius 1 is 1.08 bits per heavy atom. The van der Waals surface area contributed by atoms with Gasteiger partial charge >= 0.3 is 0 Å². The van der Waals surface area contributed by atoms with Crippen LogP contribution in [0.25, 0.3) is 11.0 Å². The fourth-order valence-corrected chi connectivity index (χ4v) is 3.83. The lowest BCUT2D eigenvalue weighted by Gasteiger charge is -2.05. The normalized spacial score (nSPS) is 11.0. The van der Waals surface area contributed by atoms with Crippen LogP contribution >= 0.6 is 23.5 Å². The van der Waals surface area contributed by atoms with Crippen LogP contribution in [0, 0.1) is 13.8 Å². The summed E-state index contributed by atoms with van der Waals surface area (Å²) in [5, 5.41) is 3.74. The Kier molecular flexibility index (Phi) is 6.04. The van der Waals surface area contributed by atoms with Crippen molar-refractivity contribution in [2.75, 3.05) is 18.1 Å². The molecule has 0 unspecified atom stereocenters. The highest BCUT2D eigenvalue weighted by Gasteiger charge is 2.07. The molecule has 1 heterocycles. The van der Waals surface area contributed by atoms with E-state index in [0.717, 1.165) is 21.9 Å². The minimum Gasteiger partial charge on any atom is -0.355 e. The van der Waals surface area contributed by atoms with E-state index in [2.05, 4.69) is 59.5 Å². The van der Waals surface area contributed by atoms with Crippen LogP contribution in [0.15, 0.2) is 52.5 Å². The molecule has 3 rings (SSSR count). The fraction of sp³-hybridized carbons (Fsp3) is 0.263. The molecule has 6 heteroatoms. The molecule has 0 saturated carbocycles. The molecule has 1 aromatic heterocycles. The Morgan fingerprint density at radius 3 is 2.64 bits per heavy atom. The van der Waals surface area contributed by atoms with E-state index in [1.54, 1.807) is 11.8 Å². The predicted molar refractivity (Wildman–Crippen MR) is 106 cm³/mol. The SMILES string of the molecule is Cc1ccc(SCCNC(=O)CSc2nc3ccc(C)cc3[nH]2)cc1. The highest BCUT2D eigenvalue weighted by atomic mass is 32.2. The number of H-pyrrole nitrogens is 1. The first-order chi connectivity index (χ1) is 12.1. The van der Waals surface area contributed by atoms with Crippen molar-refractivity contribution < 1.29 is 4.79 Å². The third-order valence-corrected chi connectivity index (χ3v) is 5.56. The standard InChI is InChI=1S/C19H21N3OS2/c1-13-3-6-15(7-4-13)24-10-9-20-18(23)12-25-19-21-16-8-5-14(2)11-17(16)22-19/h3-8,11H,9-10,12H2,1-2H3,(H,20,23)(H,21,22). The quantitative estimate of drug-likeness (QED) is 0.483. The van der Waals surface area contributed by atoms with Gasteiger partial charge in [-0.3, -0.25) is 4.79 Å². The second kappa shape index (κ2) is 8.45. The maximum atomic E-state index is 12.0. The number of nitrogens with one attached hydrogen (secondary N) is 2. The van der Waals surface area contributed by atoms with E-state index in [9.17, 15) is 4.79 Å². The smallest absolute Gasteiger partial charge is 0.230 e. The minimum atomic E-state index is 0.0335. The van der Waals surface area contributed by atoms with E-state index in [-0.39, 0.29) is 5.91 Å². The zero-order chi connectivity index (χ0) is 17.6. The van der Waals surface area contributed by atoms with Gasteiger partial charge in [-0.1, -0.05) is 35.5 Å². The summed E-state index contributed by atoms with van der Waals surface area (Å²) in [6, 6.07) is 14.5. The van der Waals surface area contributed by atoms with Crippen LogP contribution in [0.2, 0.25) is 0 Å². The molecule has 0 radical (unpaired) electrons. The van der Waals surface area contributed by atoms with Crippen LogP contribution in [0.1, 0.15) is 11.1 Å². The molecule has 0 spiro atoms. The highest BCUT2D eigenvalue weighted by Crippen LogP contribution is 2.20. The van der Waals surface area contributed by atoms with Crippen molar-refractivity contribution >= 4 is 40.5 Å². The van der Waals surface area contributed by atoms with Gasteiger partial charge in [0.2, 0.25) is 5.91 Å². The molecule has 25 heavy (non-hydrogen) atoms. The summed E-state index contributed by atoms with van der Waals surface area (Å²) in [6.45, 7) is 4.79. The second-order valence-corrected chi connectivity index (χ2v) is 8.00. The summed E-state index contributed by atoms with van der Waals surface area (Å²) in [5.74, 6) is 1.27. The molecule has 0 atom stereocenters. The maximum absolute atomic E-state index is 12.0. The molecular weight excluding hydrogens is 350 g/mol. The van der Waals surface area contributed by atoms with Gasteiger partial charge in [0.25, 0.3) is 0 Å². The lowest BCUT2D eigenvalue weighted by Crippen LogP contribution is -2.27. The number of fused-ring (bicyclic) bond motifs is 1. The largest absolute Gasteiger partial charge is 0.355 e. The van der Waals surface area contributed by atoms with Crippen molar-refractivity contribution in [3.05, 3.63) is 53.6 Å². The van der Waals surface area contributed by atoms with Crippen molar-refractivity contribution in [3.63, 3.8) is 0 Å². The molecule has 2 N–H and O–H groups in total. The first-order valence-electron chi connectivity index (χ1n) is 8.15. The van der Waals surface area contributed by atoms with Crippen molar-refractivity contribution in [3.8, 4) is 0 Å². The Bertz CT molecular complexity index is 859. The van der Waals surface area contributed by atoms with E-state index >= 15 is 0 Å². The number of nitrogens with zero attached hydrogens (tertiary/aromatic N) is 1. The molecule has 0 aliphatic rings. The zero-order valence-corrected chi connectivity index (χ0v) is 16.0. The summed E-state index contributed by atoms with van der Waals surface area (Å²) < 4.78 is 0. The molecule has 130 valence electrons. The minimum absolute atomic E-state index is 0.0335. The second-order valence-electron chi connectivity index (χ2n) is 5.86. The number of rotatable bonds is 7. The Labute approximate surface area is 156 Å². The van der Waals surface area contributed by atoms with E-state index in [1.165, 1.54) is 27.8 Å². The van der Waals surface area contributed by atoms with Crippen molar-refractivity contribution in [1.82, 2.24) is 15.3 Å². The van der Waals surface area contributed by atoms with Crippen LogP contribution < -0.4 is 5.32 Å². The van der Waals surface area contributed by atoms with Gasteiger partial charge in [0.15, 0.2) is 5.16 Å². The van der Waals surface area contributed by atoms with Crippen LogP contribution in [-0.2, 0) is 4.79 Å². The summed E-state index contributed by atoms with van der Waals surface area (Å²) >= 11 is 3.18. The Balaban J connectivity index is 1.39. The first kappa shape index (κ1) is 17.9. The van der Waals surface area contributed by atoms with Gasteiger partial charge < -0.3 is 10.3 Å². The number of benzene rings is 2. The van der Waals surface area contributed by atoms with Crippen molar-refractivity contribution in [1.29, 1.82) is 0 Å². The lowest BCUT2D eigenvalue weighted by atomic mass is 10.2. The Morgan fingerprint density at radius 2 is 1.84 bits per heavy atom. The molecule has 0 aliphatic heterocycles. The lowest BCUT2D eigenvalue weighted by molar-refractivity contribution is -0.118. The first-order valence-corrected chi connectivity index (χ1v) is 10.1. The number of hydrogen-bond acceptors (Lipinski definition) is 4. The Hall–Kier alpha value is -1.92. The number of imidazole rings is 1. The summed E-state index contributed by atoms with van der Waals surface area (Å²) in [7, 11) is 0. The van der Waals surface area contributed by atoms with Gasteiger partial charge in [-0.15, -0.1) is 11.8 Å². The van der Waals surface area contributed by atoms with Gasteiger partial charge in [-0.25, -0.2) is 4.98 Å². The molecule has 0 bridgehead atoms. The summed E-state index contributed by atoms with van der Waals surface area (Å²) in [4.78, 5) is 20.9. The van der Waals surface area contributed by atoms with E-state index in [0.29, 0.717) is 12.3 Å². The van der Waals surface area contributed by atoms with Crippen LogP contribution in [-0.4, -0.2) is 33.9 Å². The molecule has 4 nitrogen and oxygen atoms in total. The number of aryl methyl sites for hydroxylation is 2. The summed E-state index contributed by atoms with van der Waals surface area (Å²) in [6.07, 6.45) is 0. The fourth-order valence-electron chi connectivity index (χ4n) is 2.35. The average Bonchev–Trinajstić information content (AvgIpc) is 3.00.